The van der Waals surface area contributed by atoms with E-state index in [0.717, 1.165) is 29.7 Å². The lowest BCUT2D eigenvalue weighted by molar-refractivity contribution is -0.116. The molecule has 2 heterocycles. The maximum Gasteiger partial charge on any atom is 0.315 e. The minimum Gasteiger partial charge on any atom is -0.338 e. The van der Waals surface area contributed by atoms with Gasteiger partial charge in [-0.2, -0.15) is 11.3 Å². The highest BCUT2D eigenvalue weighted by Crippen LogP contribution is 2.26. The first-order valence-electron chi connectivity index (χ1n) is 8.10. The van der Waals surface area contributed by atoms with Crippen LogP contribution in [0.3, 0.4) is 0 Å². The summed E-state index contributed by atoms with van der Waals surface area (Å²) in [7, 11) is 0. The summed E-state index contributed by atoms with van der Waals surface area (Å²) in [6, 6.07) is 7.73. The van der Waals surface area contributed by atoms with Gasteiger partial charge in [0.15, 0.2) is 0 Å². The van der Waals surface area contributed by atoms with E-state index in [1.54, 1.807) is 11.3 Å². The topological polar surface area (TPSA) is 70.2 Å². The van der Waals surface area contributed by atoms with Gasteiger partial charge < -0.3 is 16.0 Å². The van der Waals surface area contributed by atoms with E-state index in [9.17, 15) is 9.59 Å². The molecule has 5 nitrogen and oxygen atoms in total. The lowest BCUT2D eigenvalue weighted by Gasteiger charge is -2.20. The number of thiophene rings is 1. The first-order chi connectivity index (χ1) is 11.6. The van der Waals surface area contributed by atoms with Crippen molar-refractivity contribution in [2.45, 2.75) is 32.2 Å². The third kappa shape index (κ3) is 4.14. The second-order valence-corrected chi connectivity index (χ2v) is 6.75. The van der Waals surface area contributed by atoms with Gasteiger partial charge in [-0.15, -0.1) is 0 Å². The summed E-state index contributed by atoms with van der Waals surface area (Å²) in [6.45, 7) is 2.58. The monoisotopic (exact) mass is 343 g/mol. The van der Waals surface area contributed by atoms with Crippen LogP contribution in [-0.2, 0) is 17.6 Å². The number of anilines is 1. The zero-order chi connectivity index (χ0) is 16.9. The Bertz CT molecular complexity index is 728. The molecular weight excluding hydrogens is 322 g/mol. The van der Waals surface area contributed by atoms with Crippen LogP contribution < -0.4 is 16.0 Å². The van der Waals surface area contributed by atoms with E-state index in [1.807, 2.05) is 24.4 Å². The van der Waals surface area contributed by atoms with Crippen LogP contribution in [0, 0.1) is 0 Å². The number of hydrogen-bond acceptors (Lipinski definition) is 3. The standard InChI is InChI=1S/C18H21N3O2S/c1-12(20-18(23)19-8-6-13-7-9-24-11-13)14-2-4-16-15(10-14)3-5-17(22)21-16/h2,4,7,9-12H,3,5-6,8H2,1H3,(H,21,22)(H2,19,20,23)/t12-/m0/s1. The van der Waals surface area contributed by atoms with E-state index in [0.29, 0.717) is 13.0 Å². The number of rotatable bonds is 5. The van der Waals surface area contributed by atoms with Crippen molar-refractivity contribution in [3.63, 3.8) is 0 Å². The number of aryl methyl sites for hydroxylation is 1. The van der Waals surface area contributed by atoms with Gasteiger partial charge in [0.05, 0.1) is 6.04 Å². The molecule has 3 amide bonds. The van der Waals surface area contributed by atoms with Crippen LogP contribution in [0.1, 0.15) is 36.1 Å². The van der Waals surface area contributed by atoms with E-state index in [2.05, 4.69) is 33.5 Å². The Morgan fingerprint density at radius 3 is 3.00 bits per heavy atom. The summed E-state index contributed by atoms with van der Waals surface area (Å²) < 4.78 is 0. The van der Waals surface area contributed by atoms with Gasteiger partial charge in [-0.25, -0.2) is 4.79 Å². The number of carbonyl (C=O) groups is 2. The zero-order valence-corrected chi connectivity index (χ0v) is 14.4. The zero-order valence-electron chi connectivity index (χ0n) is 13.6. The van der Waals surface area contributed by atoms with Gasteiger partial charge in [-0.1, -0.05) is 12.1 Å². The summed E-state index contributed by atoms with van der Waals surface area (Å²) >= 11 is 1.66. The lowest BCUT2D eigenvalue weighted by Crippen LogP contribution is -2.38. The van der Waals surface area contributed by atoms with Gasteiger partial charge in [-0.05, 0) is 59.3 Å². The fourth-order valence-electron chi connectivity index (χ4n) is 2.76. The maximum absolute atomic E-state index is 12.0. The molecule has 0 saturated carbocycles. The number of benzene rings is 1. The van der Waals surface area contributed by atoms with Crippen molar-refractivity contribution in [2.75, 3.05) is 11.9 Å². The average molecular weight is 343 g/mol. The highest BCUT2D eigenvalue weighted by atomic mass is 32.1. The second-order valence-electron chi connectivity index (χ2n) is 5.97. The van der Waals surface area contributed by atoms with Crippen molar-refractivity contribution in [3.8, 4) is 0 Å². The summed E-state index contributed by atoms with van der Waals surface area (Å²) in [4.78, 5) is 23.4. The molecule has 1 aliphatic heterocycles. The summed E-state index contributed by atoms with van der Waals surface area (Å²) in [5, 5.41) is 12.8. The molecule has 0 radical (unpaired) electrons. The van der Waals surface area contributed by atoms with Crippen LogP contribution in [0.25, 0.3) is 0 Å². The van der Waals surface area contributed by atoms with E-state index >= 15 is 0 Å². The molecule has 0 saturated heterocycles. The van der Waals surface area contributed by atoms with Crippen molar-refractivity contribution >= 4 is 29.0 Å². The summed E-state index contributed by atoms with van der Waals surface area (Å²) in [5.41, 5.74) is 4.28. The normalized spacial score (nSPS) is 14.5. The summed E-state index contributed by atoms with van der Waals surface area (Å²) in [6.07, 6.45) is 2.10. The molecule has 3 rings (SSSR count). The van der Waals surface area contributed by atoms with Crippen molar-refractivity contribution in [2.24, 2.45) is 0 Å². The van der Waals surface area contributed by atoms with Crippen molar-refractivity contribution < 1.29 is 9.59 Å². The van der Waals surface area contributed by atoms with Crippen LogP contribution >= 0.6 is 11.3 Å². The van der Waals surface area contributed by atoms with Gasteiger partial charge in [0.2, 0.25) is 5.91 Å². The second kappa shape index (κ2) is 7.49. The number of carbonyl (C=O) groups excluding carboxylic acids is 2. The van der Waals surface area contributed by atoms with Gasteiger partial charge >= 0.3 is 6.03 Å². The highest BCUT2D eigenvalue weighted by molar-refractivity contribution is 7.07. The van der Waals surface area contributed by atoms with E-state index in [4.69, 9.17) is 0 Å². The third-order valence-electron chi connectivity index (χ3n) is 4.15. The first-order valence-corrected chi connectivity index (χ1v) is 9.04. The number of fused-ring (bicyclic) bond motifs is 1. The predicted octanol–water partition coefficient (Wildman–Crippen LogP) is 3.24. The number of nitrogens with one attached hydrogen (secondary N) is 3. The van der Waals surface area contributed by atoms with E-state index < -0.39 is 0 Å². The highest BCUT2D eigenvalue weighted by Gasteiger charge is 2.17. The average Bonchev–Trinajstić information content (AvgIpc) is 3.07. The fraction of sp³-hybridized carbons (Fsp3) is 0.333. The van der Waals surface area contributed by atoms with Crippen LogP contribution in [0.4, 0.5) is 10.5 Å². The summed E-state index contributed by atoms with van der Waals surface area (Å²) in [5.74, 6) is 0.0615. The molecule has 0 aliphatic carbocycles. The smallest absolute Gasteiger partial charge is 0.315 e. The van der Waals surface area contributed by atoms with Gasteiger partial charge in [0.25, 0.3) is 0 Å². The lowest BCUT2D eigenvalue weighted by atomic mass is 9.98. The Kier molecular flexibility index (Phi) is 5.15. The largest absolute Gasteiger partial charge is 0.338 e. The molecule has 6 heteroatoms. The molecular formula is C18H21N3O2S. The number of hydrogen-bond donors (Lipinski definition) is 3. The number of urea groups is 1. The number of amides is 3. The maximum atomic E-state index is 12.0. The molecule has 2 aromatic rings. The molecule has 1 atom stereocenters. The van der Waals surface area contributed by atoms with E-state index in [1.165, 1.54) is 5.56 Å². The molecule has 0 fully saturated rings. The van der Waals surface area contributed by atoms with Gasteiger partial charge in [-0.3, -0.25) is 4.79 Å². The molecule has 0 bridgehead atoms. The molecule has 0 unspecified atom stereocenters. The van der Waals surface area contributed by atoms with Crippen LogP contribution in [-0.4, -0.2) is 18.5 Å². The van der Waals surface area contributed by atoms with Crippen molar-refractivity contribution in [3.05, 3.63) is 51.7 Å². The Morgan fingerprint density at radius 1 is 1.33 bits per heavy atom. The Hall–Kier alpha value is -2.34. The Labute approximate surface area is 145 Å². The molecule has 1 aliphatic rings. The molecule has 0 spiro atoms. The quantitative estimate of drug-likeness (QED) is 0.780. The van der Waals surface area contributed by atoms with Crippen molar-refractivity contribution in [1.29, 1.82) is 0 Å². The van der Waals surface area contributed by atoms with Crippen LogP contribution in [0.15, 0.2) is 35.0 Å². The first kappa shape index (κ1) is 16.5. The Balaban J connectivity index is 1.51. The van der Waals surface area contributed by atoms with Crippen molar-refractivity contribution in [1.82, 2.24) is 10.6 Å². The van der Waals surface area contributed by atoms with Gasteiger partial charge in [0, 0.05) is 18.7 Å². The fourth-order valence-corrected chi connectivity index (χ4v) is 3.46. The predicted molar refractivity (Wildman–Crippen MR) is 96.4 cm³/mol. The SMILES string of the molecule is C[C@H](NC(=O)NCCc1ccsc1)c1ccc2c(c1)CCC(=O)N2. The minimum absolute atomic E-state index is 0.0615. The molecule has 126 valence electrons. The van der Waals surface area contributed by atoms with Crippen LogP contribution in [0.5, 0.6) is 0 Å². The van der Waals surface area contributed by atoms with Gasteiger partial charge in [0.1, 0.15) is 0 Å². The third-order valence-corrected chi connectivity index (χ3v) is 4.88. The molecule has 24 heavy (non-hydrogen) atoms. The Morgan fingerprint density at radius 2 is 2.21 bits per heavy atom. The van der Waals surface area contributed by atoms with E-state index in [-0.39, 0.29) is 18.0 Å². The minimum atomic E-state index is -0.163. The van der Waals surface area contributed by atoms with Crippen LogP contribution in [0.2, 0.25) is 0 Å². The molecule has 1 aromatic heterocycles. The molecule has 1 aromatic carbocycles. The molecule has 3 N–H and O–H groups in total.